The number of H-pyrrole nitrogens is 1. The number of carbonyl (C=O) groups excluding carboxylic acids is 1. The maximum Gasteiger partial charge on any atom is 0.255 e. The van der Waals surface area contributed by atoms with E-state index >= 15 is 0 Å². The monoisotopic (exact) mass is 356 g/mol. The van der Waals surface area contributed by atoms with E-state index in [1.165, 1.54) is 0 Å². The van der Waals surface area contributed by atoms with Gasteiger partial charge in [0.05, 0.1) is 24.1 Å². The van der Waals surface area contributed by atoms with Crippen molar-refractivity contribution in [2.75, 3.05) is 13.1 Å². The van der Waals surface area contributed by atoms with Crippen LogP contribution in [0.4, 0.5) is 0 Å². The number of nitrogens with zero attached hydrogens (tertiary/aromatic N) is 3. The second kappa shape index (κ2) is 5.94. The Morgan fingerprint density at radius 3 is 2.92 bits per heavy atom. The molecule has 3 fully saturated rings. The first-order valence-corrected chi connectivity index (χ1v) is 9.63. The SMILES string of the molecule is O=C(c1cc[nH]c1C1CC1)N1CCCC(O)(Cc2nc(C3CC3)no2)C1. The highest BCUT2D eigenvalue weighted by molar-refractivity contribution is 5.95. The highest BCUT2D eigenvalue weighted by Crippen LogP contribution is 2.41. The van der Waals surface area contributed by atoms with Gasteiger partial charge < -0.3 is 19.5 Å². The van der Waals surface area contributed by atoms with Gasteiger partial charge in [0.25, 0.3) is 5.91 Å². The molecule has 2 aromatic rings. The Kier molecular flexibility index (Phi) is 3.67. The number of aromatic amines is 1. The molecule has 0 spiro atoms. The molecular formula is C19H24N4O3. The third-order valence-electron chi connectivity index (χ3n) is 5.74. The van der Waals surface area contributed by atoms with Crippen LogP contribution in [0.25, 0.3) is 0 Å². The number of piperidine rings is 1. The van der Waals surface area contributed by atoms with Gasteiger partial charge in [0.1, 0.15) is 0 Å². The van der Waals surface area contributed by atoms with E-state index < -0.39 is 5.60 Å². The molecule has 3 heterocycles. The fraction of sp³-hybridized carbons (Fsp3) is 0.632. The van der Waals surface area contributed by atoms with Gasteiger partial charge in [0, 0.05) is 24.4 Å². The van der Waals surface area contributed by atoms with Crippen molar-refractivity contribution in [1.82, 2.24) is 20.0 Å². The molecule has 0 aromatic carbocycles. The number of amides is 1. The van der Waals surface area contributed by atoms with Gasteiger partial charge in [-0.05, 0) is 50.5 Å². The van der Waals surface area contributed by atoms with Crippen LogP contribution in [0.15, 0.2) is 16.8 Å². The third kappa shape index (κ3) is 3.05. The predicted octanol–water partition coefficient (Wildman–Crippen LogP) is 2.36. The highest BCUT2D eigenvalue weighted by Gasteiger charge is 2.39. The molecule has 1 unspecified atom stereocenters. The second-order valence-corrected chi connectivity index (χ2v) is 8.13. The molecule has 0 radical (unpaired) electrons. The van der Waals surface area contributed by atoms with E-state index in [1.807, 2.05) is 12.3 Å². The van der Waals surface area contributed by atoms with Gasteiger partial charge in [-0.15, -0.1) is 0 Å². The molecule has 138 valence electrons. The Morgan fingerprint density at radius 1 is 1.35 bits per heavy atom. The normalized spacial score (nSPS) is 26.3. The average Bonchev–Trinajstić information content (AvgIpc) is 3.56. The van der Waals surface area contributed by atoms with Gasteiger partial charge in [-0.2, -0.15) is 4.98 Å². The first kappa shape index (κ1) is 16.1. The van der Waals surface area contributed by atoms with Crippen LogP contribution in [0, 0.1) is 0 Å². The summed E-state index contributed by atoms with van der Waals surface area (Å²) in [7, 11) is 0. The Labute approximate surface area is 151 Å². The lowest BCUT2D eigenvalue weighted by molar-refractivity contribution is -0.0286. The minimum absolute atomic E-state index is 0.00970. The van der Waals surface area contributed by atoms with Crippen LogP contribution in [0.5, 0.6) is 0 Å². The average molecular weight is 356 g/mol. The summed E-state index contributed by atoms with van der Waals surface area (Å²) in [4.78, 5) is 22.4. The van der Waals surface area contributed by atoms with E-state index in [0.29, 0.717) is 43.7 Å². The number of rotatable bonds is 5. The molecular weight excluding hydrogens is 332 g/mol. The zero-order valence-corrected chi connectivity index (χ0v) is 14.8. The molecule has 1 atom stereocenters. The number of hydrogen-bond donors (Lipinski definition) is 2. The molecule has 1 amide bonds. The van der Waals surface area contributed by atoms with Crippen molar-refractivity contribution in [3.8, 4) is 0 Å². The third-order valence-corrected chi connectivity index (χ3v) is 5.74. The zero-order valence-electron chi connectivity index (χ0n) is 14.8. The number of nitrogens with one attached hydrogen (secondary N) is 1. The first-order chi connectivity index (χ1) is 12.6. The standard InChI is InChI=1S/C19H24N4O3/c24-18(14-6-8-20-16(14)12-2-3-12)23-9-1-7-19(25,11-23)10-15-21-17(22-26-15)13-4-5-13/h6,8,12-13,20,25H,1-5,7,9-11H2. The second-order valence-electron chi connectivity index (χ2n) is 8.13. The fourth-order valence-electron chi connectivity index (χ4n) is 4.01. The fourth-order valence-corrected chi connectivity index (χ4v) is 4.01. The Bertz CT molecular complexity index is 820. The van der Waals surface area contributed by atoms with Crippen molar-refractivity contribution in [3.05, 3.63) is 35.2 Å². The molecule has 3 aliphatic rings. The van der Waals surface area contributed by atoms with Crippen molar-refractivity contribution in [1.29, 1.82) is 0 Å². The maximum absolute atomic E-state index is 13.0. The molecule has 5 rings (SSSR count). The minimum Gasteiger partial charge on any atom is -0.388 e. The smallest absolute Gasteiger partial charge is 0.255 e. The lowest BCUT2D eigenvalue weighted by Crippen LogP contribution is -2.51. The largest absolute Gasteiger partial charge is 0.388 e. The first-order valence-electron chi connectivity index (χ1n) is 9.63. The van der Waals surface area contributed by atoms with Gasteiger partial charge in [-0.3, -0.25) is 4.79 Å². The summed E-state index contributed by atoms with van der Waals surface area (Å²) >= 11 is 0. The Morgan fingerprint density at radius 2 is 2.15 bits per heavy atom. The van der Waals surface area contributed by atoms with Crippen LogP contribution in [0.3, 0.4) is 0 Å². The molecule has 2 saturated carbocycles. The number of likely N-dealkylation sites (tertiary alicyclic amines) is 1. The van der Waals surface area contributed by atoms with E-state index in [2.05, 4.69) is 15.1 Å². The molecule has 1 aliphatic heterocycles. The number of aliphatic hydroxyl groups is 1. The van der Waals surface area contributed by atoms with Gasteiger partial charge in [0.2, 0.25) is 5.89 Å². The molecule has 2 aromatic heterocycles. The Hall–Kier alpha value is -2.15. The number of carbonyl (C=O) groups is 1. The molecule has 1 saturated heterocycles. The van der Waals surface area contributed by atoms with Crippen molar-refractivity contribution in [2.24, 2.45) is 0 Å². The lowest BCUT2D eigenvalue weighted by atomic mass is 9.89. The molecule has 2 aliphatic carbocycles. The van der Waals surface area contributed by atoms with E-state index in [-0.39, 0.29) is 5.91 Å². The van der Waals surface area contributed by atoms with Gasteiger partial charge in [-0.25, -0.2) is 0 Å². The van der Waals surface area contributed by atoms with Crippen LogP contribution in [0.1, 0.15) is 78.1 Å². The molecule has 0 bridgehead atoms. The summed E-state index contributed by atoms with van der Waals surface area (Å²) in [6, 6.07) is 1.86. The van der Waals surface area contributed by atoms with Crippen LogP contribution < -0.4 is 0 Å². The minimum atomic E-state index is -1.00. The lowest BCUT2D eigenvalue weighted by Gasteiger charge is -2.38. The summed E-state index contributed by atoms with van der Waals surface area (Å²) in [5.41, 5.74) is 0.803. The van der Waals surface area contributed by atoms with Crippen LogP contribution >= 0.6 is 0 Å². The summed E-state index contributed by atoms with van der Waals surface area (Å²) in [6.45, 7) is 0.982. The predicted molar refractivity (Wildman–Crippen MR) is 92.8 cm³/mol. The van der Waals surface area contributed by atoms with Gasteiger partial charge in [0.15, 0.2) is 5.82 Å². The van der Waals surface area contributed by atoms with Crippen molar-refractivity contribution in [2.45, 2.75) is 62.4 Å². The van der Waals surface area contributed by atoms with Crippen LogP contribution in [-0.4, -0.2) is 49.7 Å². The summed E-state index contributed by atoms with van der Waals surface area (Å²) < 4.78 is 5.33. The van der Waals surface area contributed by atoms with Gasteiger partial charge in [-0.1, -0.05) is 5.16 Å². The quantitative estimate of drug-likeness (QED) is 0.857. The van der Waals surface area contributed by atoms with Crippen molar-refractivity contribution < 1.29 is 14.4 Å². The van der Waals surface area contributed by atoms with Crippen molar-refractivity contribution in [3.63, 3.8) is 0 Å². The zero-order chi connectivity index (χ0) is 17.7. The van der Waals surface area contributed by atoms with Gasteiger partial charge >= 0.3 is 0 Å². The van der Waals surface area contributed by atoms with E-state index in [0.717, 1.165) is 49.2 Å². The summed E-state index contributed by atoms with van der Waals surface area (Å²) in [5, 5.41) is 15.1. The maximum atomic E-state index is 13.0. The van der Waals surface area contributed by atoms with Crippen molar-refractivity contribution >= 4 is 5.91 Å². The van der Waals surface area contributed by atoms with E-state index in [1.54, 1.807) is 4.90 Å². The molecule has 7 heteroatoms. The number of hydrogen-bond acceptors (Lipinski definition) is 5. The van der Waals surface area contributed by atoms with E-state index in [9.17, 15) is 9.90 Å². The Balaban J connectivity index is 1.30. The molecule has 7 nitrogen and oxygen atoms in total. The molecule has 26 heavy (non-hydrogen) atoms. The van der Waals surface area contributed by atoms with Crippen LogP contribution in [-0.2, 0) is 6.42 Å². The number of aromatic nitrogens is 3. The van der Waals surface area contributed by atoms with E-state index in [4.69, 9.17) is 4.52 Å². The highest BCUT2D eigenvalue weighted by atomic mass is 16.5. The molecule has 2 N–H and O–H groups in total. The number of β-amino-alcohol motifs (C(OH)–C–C–N with tert-alkyl or cyclic N) is 1. The van der Waals surface area contributed by atoms with Crippen LogP contribution in [0.2, 0.25) is 0 Å². The summed E-state index contributed by atoms with van der Waals surface area (Å²) in [6.07, 6.45) is 8.08. The topological polar surface area (TPSA) is 95.2 Å². The summed E-state index contributed by atoms with van der Waals surface area (Å²) in [5.74, 6) is 2.17.